The molecule has 0 aliphatic rings. The summed E-state index contributed by atoms with van der Waals surface area (Å²) in [7, 11) is 0. The minimum absolute atomic E-state index is 0.114. The van der Waals surface area contributed by atoms with Gasteiger partial charge in [-0.05, 0) is 11.8 Å². The van der Waals surface area contributed by atoms with Gasteiger partial charge in [-0.3, -0.25) is 0 Å². The maximum absolute atomic E-state index is 10.2. The smallest absolute Gasteiger partial charge is 0.122 e. The Balaban J connectivity index is 3.89. The lowest BCUT2D eigenvalue weighted by Crippen LogP contribution is -2.29. The van der Waals surface area contributed by atoms with Gasteiger partial charge in [0.1, 0.15) is 6.29 Å². The zero-order chi connectivity index (χ0) is 9.61. The minimum atomic E-state index is -0.485. The molecule has 72 valence electrons. The fourth-order valence-electron chi connectivity index (χ4n) is 1.21. The molecule has 0 radical (unpaired) electrons. The first-order chi connectivity index (χ1) is 5.54. The summed E-state index contributed by atoms with van der Waals surface area (Å²) in [6.07, 6.45) is 3.80. The lowest BCUT2D eigenvalue weighted by Gasteiger charge is -2.29. The van der Waals surface area contributed by atoms with Crippen LogP contribution >= 0.6 is 0 Å². The van der Waals surface area contributed by atoms with E-state index in [4.69, 9.17) is 0 Å². The van der Waals surface area contributed by atoms with Crippen LogP contribution in [0.5, 0.6) is 0 Å². The SMILES string of the molecule is CCCCC(C)(C)C(O)CC=O. The fourth-order valence-corrected chi connectivity index (χ4v) is 1.21. The van der Waals surface area contributed by atoms with Crippen molar-refractivity contribution in [3.05, 3.63) is 0 Å². The Bertz CT molecular complexity index is 130. The number of aliphatic hydroxyl groups excluding tert-OH is 1. The van der Waals surface area contributed by atoms with Crippen molar-refractivity contribution in [2.24, 2.45) is 5.41 Å². The molecule has 2 nitrogen and oxygen atoms in total. The molecule has 1 unspecified atom stereocenters. The van der Waals surface area contributed by atoms with Gasteiger partial charge in [0.2, 0.25) is 0 Å². The van der Waals surface area contributed by atoms with Crippen molar-refractivity contribution < 1.29 is 9.90 Å². The van der Waals surface area contributed by atoms with Gasteiger partial charge in [-0.2, -0.15) is 0 Å². The molecular weight excluding hydrogens is 152 g/mol. The predicted octanol–water partition coefficient (Wildman–Crippen LogP) is 2.15. The van der Waals surface area contributed by atoms with Crippen LogP contribution < -0.4 is 0 Å². The molecule has 12 heavy (non-hydrogen) atoms. The van der Waals surface area contributed by atoms with Gasteiger partial charge in [0, 0.05) is 6.42 Å². The maximum atomic E-state index is 10.2. The number of hydrogen-bond acceptors (Lipinski definition) is 2. The highest BCUT2D eigenvalue weighted by Crippen LogP contribution is 2.28. The molecule has 0 amide bonds. The Morgan fingerprint density at radius 2 is 2.08 bits per heavy atom. The van der Waals surface area contributed by atoms with Gasteiger partial charge in [-0.1, -0.05) is 33.6 Å². The van der Waals surface area contributed by atoms with Gasteiger partial charge < -0.3 is 9.90 Å². The minimum Gasteiger partial charge on any atom is -0.392 e. The van der Waals surface area contributed by atoms with Crippen molar-refractivity contribution in [1.82, 2.24) is 0 Å². The van der Waals surface area contributed by atoms with Crippen LogP contribution in [-0.2, 0) is 4.79 Å². The lowest BCUT2D eigenvalue weighted by atomic mass is 9.80. The normalized spacial score (nSPS) is 14.3. The summed E-state index contributed by atoms with van der Waals surface area (Å²) in [5, 5.41) is 9.57. The number of rotatable bonds is 6. The second-order valence-electron chi connectivity index (χ2n) is 4.01. The van der Waals surface area contributed by atoms with Crippen LogP contribution in [0.2, 0.25) is 0 Å². The van der Waals surface area contributed by atoms with Crippen molar-refractivity contribution >= 4 is 6.29 Å². The number of unbranched alkanes of at least 4 members (excludes halogenated alkanes) is 1. The summed E-state index contributed by atoms with van der Waals surface area (Å²) in [5.74, 6) is 0. The molecule has 0 aromatic rings. The molecule has 2 heteroatoms. The van der Waals surface area contributed by atoms with Gasteiger partial charge in [0.15, 0.2) is 0 Å². The Morgan fingerprint density at radius 3 is 2.50 bits per heavy atom. The van der Waals surface area contributed by atoms with E-state index in [0.29, 0.717) is 0 Å². The van der Waals surface area contributed by atoms with Gasteiger partial charge in [-0.15, -0.1) is 0 Å². The van der Waals surface area contributed by atoms with E-state index in [0.717, 1.165) is 25.5 Å². The Morgan fingerprint density at radius 1 is 1.50 bits per heavy atom. The highest BCUT2D eigenvalue weighted by molar-refractivity contribution is 5.50. The van der Waals surface area contributed by atoms with Crippen LogP contribution in [0.15, 0.2) is 0 Å². The number of aldehydes is 1. The van der Waals surface area contributed by atoms with Gasteiger partial charge >= 0.3 is 0 Å². The number of aliphatic hydroxyl groups is 1. The highest BCUT2D eigenvalue weighted by Gasteiger charge is 2.26. The van der Waals surface area contributed by atoms with Crippen molar-refractivity contribution in [3.63, 3.8) is 0 Å². The molecule has 0 saturated heterocycles. The zero-order valence-corrected chi connectivity index (χ0v) is 8.34. The van der Waals surface area contributed by atoms with Crippen LogP contribution in [0, 0.1) is 5.41 Å². The van der Waals surface area contributed by atoms with Crippen molar-refractivity contribution in [1.29, 1.82) is 0 Å². The third kappa shape index (κ3) is 3.86. The van der Waals surface area contributed by atoms with E-state index in [9.17, 15) is 9.90 Å². The molecule has 0 spiro atoms. The Labute approximate surface area is 75.0 Å². The van der Waals surface area contributed by atoms with E-state index in [-0.39, 0.29) is 11.8 Å². The molecule has 0 aliphatic heterocycles. The summed E-state index contributed by atoms with van der Waals surface area (Å²) in [4.78, 5) is 10.2. The standard InChI is InChI=1S/C10H20O2/c1-4-5-7-10(2,3)9(12)6-8-11/h8-9,12H,4-7H2,1-3H3. The van der Waals surface area contributed by atoms with E-state index in [1.165, 1.54) is 0 Å². The molecule has 0 aromatic carbocycles. The lowest BCUT2D eigenvalue weighted by molar-refractivity contribution is -0.111. The molecule has 0 bridgehead atoms. The summed E-state index contributed by atoms with van der Waals surface area (Å²) in [6.45, 7) is 6.15. The topological polar surface area (TPSA) is 37.3 Å². The second kappa shape index (κ2) is 5.31. The summed E-state index contributed by atoms with van der Waals surface area (Å²) >= 11 is 0. The summed E-state index contributed by atoms with van der Waals surface area (Å²) < 4.78 is 0. The molecule has 0 aromatic heterocycles. The number of carbonyl (C=O) groups is 1. The summed E-state index contributed by atoms with van der Waals surface area (Å²) in [6, 6.07) is 0. The first-order valence-electron chi connectivity index (χ1n) is 4.66. The van der Waals surface area contributed by atoms with E-state index < -0.39 is 6.10 Å². The molecule has 1 N–H and O–H groups in total. The van der Waals surface area contributed by atoms with Gasteiger partial charge in [0.25, 0.3) is 0 Å². The quantitative estimate of drug-likeness (QED) is 0.623. The van der Waals surface area contributed by atoms with Gasteiger partial charge in [-0.25, -0.2) is 0 Å². The zero-order valence-electron chi connectivity index (χ0n) is 8.34. The molecule has 0 aliphatic carbocycles. The largest absolute Gasteiger partial charge is 0.392 e. The predicted molar refractivity (Wildman–Crippen MR) is 50.0 cm³/mol. The van der Waals surface area contributed by atoms with Crippen LogP contribution in [-0.4, -0.2) is 17.5 Å². The average molecular weight is 172 g/mol. The first-order valence-corrected chi connectivity index (χ1v) is 4.66. The number of carbonyl (C=O) groups excluding carboxylic acids is 1. The Kier molecular flexibility index (Phi) is 5.14. The van der Waals surface area contributed by atoms with E-state index in [1.54, 1.807) is 0 Å². The molecule has 0 saturated carbocycles. The van der Waals surface area contributed by atoms with Crippen LogP contribution in [0.3, 0.4) is 0 Å². The van der Waals surface area contributed by atoms with Crippen molar-refractivity contribution in [3.8, 4) is 0 Å². The molecular formula is C10H20O2. The van der Waals surface area contributed by atoms with Crippen LogP contribution in [0.25, 0.3) is 0 Å². The molecule has 0 heterocycles. The molecule has 0 fully saturated rings. The maximum Gasteiger partial charge on any atom is 0.122 e. The second-order valence-corrected chi connectivity index (χ2v) is 4.01. The Hall–Kier alpha value is -0.370. The van der Waals surface area contributed by atoms with E-state index in [1.807, 2.05) is 13.8 Å². The number of hydrogen-bond donors (Lipinski definition) is 1. The fraction of sp³-hybridized carbons (Fsp3) is 0.900. The van der Waals surface area contributed by atoms with Crippen molar-refractivity contribution in [2.45, 2.75) is 52.6 Å². The third-order valence-electron chi connectivity index (χ3n) is 2.40. The molecule has 1 atom stereocenters. The summed E-state index contributed by atoms with van der Waals surface area (Å²) in [5.41, 5.74) is -0.114. The van der Waals surface area contributed by atoms with E-state index in [2.05, 4.69) is 6.92 Å². The van der Waals surface area contributed by atoms with E-state index >= 15 is 0 Å². The average Bonchev–Trinajstić information content (AvgIpc) is 2.01. The van der Waals surface area contributed by atoms with Crippen LogP contribution in [0.1, 0.15) is 46.5 Å². The highest BCUT2D eigenvalue weighted by atomic mass is 16.3. The third-order valence-corrected chi connectivity index (χ3v) is 2.40. The first kappa shape index (κ1) is 11.6. The van der Waals surface area contributed by atoms with Gasteiger partial charge in [0.05, 0.1) is 6.10 Å². The van der Waals surface area contributed by atoms with Crippen LogP contribution in [0.4, 0.5) is 0 Å². The monoisotopic (exact) mass is 172 g/mol. The molecule has 0 rings (SSSR count). The van der Waals surface area contributed by atoms with Crippen molar-refractivity contribution in [2.75, 3.05) is 0 Å².